The van der Waals surface area contributed by atoms with Crippen LogP contribution in [0.15, 0.2) is 53.2 Å². The molecule has 42 heavy (non-hydrogen) atoms. The van der Waals surface area contributed by atoms with Gasteiger partial charge < -0.3 is 24.3 Å². The Labute approximate surface area is 242 Å². The summed E-state index contributed by atoms with van der Waals surface area (Å²) in [6, 6.07) is 13.3. The molecule has 8 rings (SSSR count). The first-order valence-electron chi connectivity index (χ1n) is 14.4. The van der Waals surface area contributed by atoms with Gasteiger partial charge in [-0.2, -0.15) is 5.26 Å². The third-order valence-corrected chi connectivity index (χ3v) is 8.85. The lowest BCUT2D eigenvalue weighted by Gasteiger charge is -2.44. The number of fused-ring (bicyclic) bond motifs is 4. The highest BCUT2D eigenvalue weighted by Gasteiger charge is 2.35. The van der Waals surface area contributed by atoms with Crippen LogP contribution in [0.3, 0.4) is 0 Å². The van der Waals surface area contributed by atoms with Gasteiger partial charge in [-0.3, -0.25) is 9.78 Å². The summed E-state index contributed by atoms with van der Waals surface area (Å²) in [6.07, 6.45) is 5.07. The summed E-state index contributed by atoms with van der Waals surface area (Å²) < 4.78 is 25.8. The highest BCUT2D eigenvalue weighted by Crippen LogP contribution is 2.38. The fourth-order valence-corrected chi connectivity index (χ4v) is 6.58. The molecule has 9 nitrogen and oxygen atoms in total. The van der Waals surface area contributed by atoms with E-state index in [2.05, 4.69) is 26.3 Å². The van der Waals surface area contributed by atoms with Crippen LogP contribution in [0.1, 0.15) is 35.2 Å². The van der Waals surface area contributed by atoms with E-state index in [-0.39, 0.29) is 11.9 Å². The van der Waals surface area contributed by atoms with Crippen LogP contribution in [0.5, 0.6) is 5.75 Å². The average molecular weight is 567 g/mol. The molecule has 2 atom stereocenters. The summed E-state index contributed by atoms with van der Waals surface area (Å²) in [5, 5.41) is 13.1. The molecule has 4 fully saturated rings. The van der Waals surface area contributed by atoms with Crippen molar-refractivity contribution in [3.8, 4) is 34.4 Å². The Morgan fingerprint density at radius 3 is 2.69 bits per heavy atom. The summed E-state index contributed by atoms with van der Waals surface area (Å²) >= 11 is 0. The molecule has 0 aliphatic carbocycles. The van der Waals surface area contributed by atoms with Crippen LogP contribution in [0.2, 0.25) is 0 Å². The molecule has 214 valence electrons. The second-order valence-corrected chi connectivity index (χ2v) is 11.4. The van der Waals surface area contributed by atoms with E-state index in [1.54, 1.807) is 37.7 Å². The monoisotopic (exact) mass is 566 g/mol. The number of rotatable bonds is 6. The second kappa shape index (κ2) is 10.7. The predicted molar refractivity (Wildman–Crippen MR) is 156 cm³/mol. The maximum absolute atomic E-state index is 13.8. The van der Waals surface area contributed by atoms with Gasteiger partial charge in [0.2, 0.25) is 0 Å². The van der Waals surface area contributed by atoms with E-state index in [0.717, 1.165) is 49.3 Å². The number of halogens is 1. The molecule has 2 unspecified atom stereocenters. The lowest BCUT2D eigenvalue weighted by molar-refractivity contribution is 0.0620. The fraction of sp³-hybridized carbons (Fsp3) is 0.375. The van der Waals surface area contributed by atoms with Crippen LogP contribution in [-0.2, 0) is 0 Å². The van der Waals surface area contributed by atoms with Gasteiger partial charge in [-0.25, -0.2) is 9.37 Å². The molecule has 0 spiro atoms. The van der Waals surface area contributed by atoms with Gasteiger partial charge in [-0.1, -0.05) is 6.07 Å². The lowest BCUT2D eigenvalue weighted by atomic mass is 9.84. The minimum absolute atomic E-state index is 0.150. The van der Waals surface area contributed by atoms with E-state index in [1.165, 1.54) is 0 Å². The van der Waals surface area contributed by atoms with Gasteiger partial charge in [-0.15, -0.1) is 0 Å². The van der Waals surface area contributed by atoms with Crippen molar-refractivity contribution in [3.63, 3.8) is 0 Å². The van der Waals surface area contributed by atoms with Gasteiger partial charge in [0.25, 0.3) is 5.91 Å². The van der Waals surface area contributed by atoms with Gasteiger partial charge in [-0.05, 0) is 68.1 Å². The smallest absolute Gasteiger partial charge is 0.253 e. The molecule has 4 saturated heterocycles. The van der Waals surface area contributed by atoms with Crippen LogP contribution < -0.4 is 15.0 Å². The summed E-state index contributed by atoms with van der Waals surface area (Å²) in [4.78, 5) is 26.5. The molecule has 0 radical (unpaired) electrons. The number of furan rings is 1. The number of carbonyl (C=O) groups excluding carboxylic acids is 1. The standard InChI is InChI=1S/C32H31FN6O3/c1-41-28-13-22(32(40)37-26-18-38-9-5-19(26)6-10-38)16-36-30(28)29-14-25-31(42-29)24(4-8-35-25)20-2-3-27(21(12-20)15-34)39-11-7-23(33)17-39/h2-4,8,12-14,16,19,23,26H,5-7,9-11,17-18H2,1H3,(H,37,40). The van der Waals surface area contributed by atoms with E-state index in [0.29, 0.717) is 64.9 Å². The number of benzene rings is 1. The topological polar surface area (TPSA) is 108 Å². The van der Waals surface area contributed by atoms with E-state index in [9.17, 15) is 14.4 Å². The molecule has 4 aromatic rings. The summed E-state index contributed by atoms with van der Waals surface area (Å²) in [6.45, 7) is 4.00. The molecule has 2 bridgehead atoms. The number of nitrogens with zero attached hydrogens (tertiary/aromatic N) is 5. The number of methoxy groups -OCH3 is 1. The number of ether oxygens (including phenoxy) is 1. The zero-order valence-electron chi connectivity index (χ0n) is 23.3. The molecule has 0 saturated carbocycles. The normalized spacial score (nSPS) is 23.2. The highest BCUT2D eigenvalue weighted by atomic mass is 19.1. The van der Waals surface area contributed by atoms with Crippen molar-refractivity contribution in [3.05, 3.63) is 59.9 Å². The van der Waals surface area contributed by atoms with E-state index >= 15 is 0 Å². The Balaban J connectivity index is 1.18. The Morgan fingerprint density at radius 1 is 1.12 bits per heavy atom. The number of hydrogen-bond donors (Lipinski definition) is 1. The van der Waals surface area contributed by atoms with Gasteiger partial charge in [0.1, 0.15) is 29.2 Å². The molecule has 1 amide bonds. The molecular formula is C32H31FN6O3. The zero-order valence-corrected chi connectivity index (χ0v) is 23.3. The molecule has 4 aliphatic heterocycles. The first kappa shape index (κ1) is 26.4. The predicted octanol–water partition coefficient (Wildman–Crippen LogP) is 4.81. The van der Waals surface area contributed by atoms with Crippen molar-refractivity contribution in [1.29, 1.82) is 5.26 Å². The van der Waals surface area contributed by atoms with E-state index in [1.807, 2.05) is 23.1 Å². The average Bonchev–Trinajstić information content (AvgIpc) is 3.67. The third-order valence-electron chi connectivity index (χ3n) is 8.85. The maximum atomic E-state index is 13.8. The van der Waals surface area contributed by atoms with Crippen LogP contribution >= 0.6 is 0 Å². The Kier molecular flexibility index (Phi) is 6.75. The van der Waals surface area contributed by atoms with Crippen molar-refractivity contribution in [2.45, 2.75) is 31.5 Å². The van der Waals surface area contributed by atoms with Crippen molar-refractivity contribution >= 4 is 22.7 Å². The Morgan fingerprint density at radius 2 is 1.98 bits per heavy atom. The number of nitrogens with one attached hydrogen (secondary N) is 1. The number of pyridine rings is 2. The van der Waals surface area contributed by atoms with Gasteiger partial charge in [0, 0.05) is 49.7 Å². The minimum atomic E-state index is -0.878. The van der Waals surface area contributed by atoms with E-state index in [4.69, 9.17) is 9.15 Å². The van der Waals surface area contributed by atoms with Crippen LogP contribution in [0.25, 0.3) is 33.7 Å². The quantitative estimate of drug-likeness (QED) is 0.354. The van der Waals surface area contributed by atoms with Crippen molar-refractivity contribution in [2.75, 3.05) is 44.7 Å². The fourth-order valence-electron chi connectivity index (χ4n) is 6.58. The Hall–Kier alpha value is -4.49. The molecule has 10 heteroatoms. The molecule has 3 aromatic heterocycles. The van der Waals surface area contributed by atoms with Gasteiger partial charge in [0.05, 0.1) is 23.9 Å². The molecule has 1 N–H and O–H groups in total. The Bertz CT molecular complexity index is 1710. The van der Waals surface area contributed by atoms with Crippen LogP contribution in [-0.4, -0.2) is 72.8 Å². The molecule has 7 heterocycles. The first-order chi connectivity index (χ1) is 20.5. The van der Waals surface area contributed by atoms with Crippen molar-refractivity contribution in [1.82, 2.24) is 20.2 Å². The third kappa shape index (κ3) is 4.73. The SMILES string of the molecule is COc1cc(C(=O)NC2CN3CCC2CC3)cnc1-c1cc2nccc(-c3ccc(N4CCC(F)C4)c(C#N)c3)c2o1. The summed E-state index contributed by atoms with van der Waals surface area (Å²) in [7, 11) is 1.54. The molecule has 4 aliphatic rings. The van der Waals surface area contributed by atoms with Crippen molar-refractivity contribution in [2.24, 2.45) is 5.92 Å². The number of aromatic nitrogens is 2. The number of hydrogen-bond acceptors (Lipinski definition) is 8. The summed E-state index contributed by atoms with van der Waals surface area (Å²) in [5.74, 6) is 1.24. The minimum Gasteiger partial charge on any atom is -0.494 e. The van der Waals surface area contributed by atoms with Gasteiger partial charge in [0.15, 0.2) is 11.3 Å². The van der Waals surface area contributed by atoms with E-state index < -0.39 is 6.17 Å². The summed E-state index contributed by atoms with van der Waals surface area (Å²) in [5.41, 5.74) is 4.84. The number of nitriles is 1. The first-order valence-corrected chi connectivity index (χ1v) is 14.4. The largest absolute Gasteiger partial charge is 0.494 e. The highest BCUT2D eigenvalue weighted by molar-refractivity contribution is 5.96. The number of carbonyl (C=O) groups is 1. The lowest BCUT2D eigenvalue weighted by Crippen LogP contribution is -2.57. The zero-order chi connectivity index (χ0) is 28.8. The van der Waals surface area contributed by atoms with Crippen LogP contribution in [0.4, 0.5) is 10.1 Å². The van der Waals surface area contributed by atoms with Crippen molar-refractivity contribution < 1.29 is 18.3 Å². The number of anilines is 1. The van der Waals surface area contributed by atoms with Gasteiger partial charge >= 0.3 is 0 Å². The second-order valence-electron chi connectivity index (χ2n) is 11.4. The number of piperidine rings is 3. The number of alkyl halides is 1. The molecular weight excluding hydrogens is 535 g/mol. The molecule has 1 aromatic carbocycles. The van der Waals surface area contributed by atoms with Crippen LogP contribution in [0, 0.1) is 17.2 Å². The maximum Gasteiger partial charge on any atom is 0.253 e. The number of amides is 1.